The maximum atomic E-state index is 12.7. The van der Waals surface area contributed by atoms with Crippen molar-refractivity contribution < 1.29 is 18.6 Å². The van der Waals surface area contributed by atoms with Crippen molar-refractivity contribution >= 4 is 16.7 Å². The van der Waals surface area contributed by atoms with Gasteiger partial charge in [-0.05, 0) is 48.9 Å². The van der Waals surface area contributed by atoms with Crippen LogP contribution in [0.2, 0.25) is 0 Å². The molecule has 1 heterocycles. The van der Waals surface area contributed by atoms with Crippen LogP contribution >= 0.6 is 0 Å². The average molecular weight is 431 g/mol. The smallest absolute Gasteiger partial charge is 0.203 e. The van der Waals surface area contributed by atoms with Crippen LogP contribution in [0.1, 0.15) is 11.1 Å². The molecule has 0 amide bonds. The summed E-state index contributed by atoms with van der Waals surface area (Å²) < 4.78 is 22.4. The van der Waals surface area contributed by atoms with Crippen LogP contribution < -0.4 is 25.0 Å². The number of hydrogen-bond acceptors (Lipinski definition) is 6. The Bertz CT molecular complexity index is 1300. The summed E-state index contributed by atoms with van der Waals surface area (Å²) in [5.41, 5.74) is 4.12. The average Bonchev–Trinajstić information content (AvgIpc) is 2.82. The number of benzene rings is 3. The third-order valence-electron chi connectivity index (χ3n) is 5.28. The molecule has 0 atom stereocenters. The fourth-order valence-electron chi connectivity index (χ4n) is 3.69. The molecule has 4 aromatic rings. The van der Waals surface area contributed by atoms with E-state index in [2.05, 4.69) is 5.32 Å². The van der Waals surface area contributed by atoms with Gasteiger partial charge in [-0.1, -0.05) is 23.8 Å². The number of nitrogens with one attached hydrogen (secondary N) is 1. The third kappa shape index (κ3) is 4.12. The van der Waals surface area contributed by atoms with Gasteiger partial charge in [-0.3, -0.25) is 4.79 Å². The quantitative estimate of drug-likeness (QED) is 0.422. The highest BCUT2D eigenvalue weighted by molar-refractivity contribution is 5.82. The van der Waals surface area contributed by atoms with E-state index in [9.17, 15) is 4.79 Å². The lowest BCUT2D eigenvalue weighted by atomic mass is 10.1. The van der Waals surface area contributed by atoms with E-state index in [1.54, 1.807) is 27.4 Å². The van der Waals surface area contributed by atoms with E-state index in [-0.39, 0.29) is 5.43 Å². The van der Waals surface area contributed by atoms with Gasteiger partial charge >= 0.3 is 0 Å². The number of methoxy groups -OCH3 is 3. The Morgan fingerprint density at radius 1 is 0.875 bits per heavy atom. The van der Waals surface area contributed by atoms with Crippen LogP contribution in [-0.4, -0.2) is 21.3 Å². The fourth-order valence-corrected chi connectivity index (χ4v) is 3.69. The molecule has 0 unspecified atom stereocenters. The van der Waals surface area contributed by atoms with Crippen molar-refractivity contribution in [1.29, 1.82) is 0 Å². The number of hydrogen-bond donors (Lipinski definition) is 1. The van der Waals surface area contributed by atoms with Crippen molar-refractivity contribution in [3.63, 3.8) is 0 Å². The molecule has 32 heavy (non-hydrogen) atoms. The van der Waals surface area contributed by atoms with Crippen LogP contribution in [0, 0.1) is 6.92 Å². The Morgan fingerprint density at radius 2 is 1.59 bits per heavy atom. The van der Waals surface area contributed by atoms with E-state index >= 15 is 0 Å². The topological polar surface area (TPSA) is 69.9 Å². The molecule has 6 heteroatoms. The molecule has 0 aliphatic rings. The number of aryl methyl sites for hydroxylation is 1. The monoisotopic (exact) mass is 431 g/mol. The van der Waals surface area contributed by atoms with Gasteiger partial charge in [0.25, 0.3) is 0 Å². The fraction of sp³-hybridized carbons (Fsp3) is 0.192. The molecule has 0 aliphatic heterocycles. The third-order valence-corrected chi connectivity index (χ3v) is 5.28. The van der Waals surface area contributed by atoms with Crippen molar-refractivity contribution in [2.45, 2.75) is 13.5 Å². The van der Waals surface area contributed by atoms with Gasteiger partial charge < -0.3 is 23.9 Å². The van der Waals surface area contributed by atoms with Crippen LogP contribution in [0.5, 0.6) is 17.2 Å². The lowest BCUT2D eigenvalue weighted by molar-refractivity contribution is 0.324. The van der Waals surface area contributed by atoms with Crippen molar-refractivity contribution in [3.05, 3.63) is 82.0 Å². The number of ether oxygens (including phenoxy) is 3. The van der Waals surface area contributed by atoms with Gasteiger partial charge in [0.15, 0.2) is 16.9 Å². The lowest BCUT2D eigenvalue weighted by Crippen LogP contribution is -2.04. The largest absolute Gasteiger partial charge is 0.493 e. The van der Waals surface area contributed by atoms with Gasteiger partial charge in [-0.2, -0.15) is 0 Å². The Hall–Kier alpha value is -3.93. The van der Waals surface area contributed by atoms with E-state index in [1.165, 1.54) is 0 Å². The molecule has 1 aromatic heterocycles. The molecule has 1 N–H and O–H groups in total. The highest BCUT2D eigenvalue weighted by Crippen LogP contribution is 2.38. The van der Waals surface area contributed by atoms with Crippen molar-refractivity contribution in [2.75, 3.05) is 26.6 Å². The molecular weight excluding hydrogens is 406 g/mol. The normalized spacial score (nSPS) is 10.8. The Kier molecular flexibility index (Phi) is 6.03. The zero-order valence-corrected chi connectivity index (χ0v) is 18.5. The maximum Gasteiger partial charge on any atom is 0.203 e. The second-order valence-electron chi connectivity index (χ2n) is 7.41. The number of anilines is 1. The highest BCUT2D eigenvalue weighted by atomic mass is 16.5. The molecule has 0 radical (unpaired) electrons. The van der Waals surface area contributed by atoms with E-state index in [0.29, 0.717) is 40.5 Å². The SMILES string of the molecule is COc1cc(CNc2ccccc2-c2cc(=O)c3cc(C)ccc3o2)cc(OC)c1OC. The molecule has 164 valence electrons. The van der Waals surface area contributed by atoms with Crippen molar-refractivity contribution in [1.82, 2.24) is 0 Å². The second kappa shape index (κ2) is 9.06. The van der Waals surface area contributed by atoms with Gasteiger partial charge in [-0.15, -0.1) is 0 Å². The molecule has 3 aromatic carbocycles. The summed E-state index contributed by atoms with van der Waals surface area (Å²) in [6.45, 7) is 2.46. The first-order chi connectivity index (χ1) is 15.5. The summed E-state index contributed by atoms with van der Waals surface area (Å²) >= 11 is 0. The Morgan fingerprint density at radius 3 is 2.28 bits per heavy atom. The van der Waals surface area contributed by atoms with Gasteiger partial charge in [0.2, 0.25) is 5.75 Å². The second-order valence-corrected chi connectivity index (χ2v) is 7.41. The van der Waals surface area contributed by atoms with Crippen LogP contribution in [0.4, 0.5) is 5.69 Å². The summed E-state index contributed by atoms with van der Waals surface area (Å²) in [7, 11) is 4.76. The summed E-state index contributed by atoms with van der Waals surface area (Å²) in [5, 5.41) is 4.01. The molecule has 0 aliphatic carbocycles. The first kappa shape index (κ1) is 21.3. The first-order valence-corrected chi connectivity index (χ1v) is 10.2. The van der Waals surface area contributed by atoms with Gasteiger partial charge in [-0.25, -0.2) is 0 Å². The zero-order valence-electron chi connectivity index (χ0n) is 18.5. The lowest BCUT2D eigenvalue weighted by Gasteiger charge is -2.16. The molecule has 0 fully saturated rings. The van der Waals surface area contributed by atoms with Gasteiger partial charge in [0.1, 0.15) is 11.3 Å². The van der Waals surface area contributed by atoms with Gasteiger partial charge in [0.05, 0.1) is 26.7 Å². The minimum absolute atomic E-state index is 0.0654. The van der Waals surface area contributed by atoms with E-state index in [4.69, 9.17) is 18.6 Å². The Balaban J connectivity index is 1.68. The van der Waals surface area contributed by atoms with Crippen LogP contribution in [-0.2, 0) is 6.54 Å². The molecular formula is C26H25NO5. The standard InChI is InChI=1S/C26H25NO5/c1-16-9-10-22-19(11-16)21(28)14-23(32-22)18-7-5-6-8-20(18)27-15-17-12-24(29-2)26(31-4)25(13-17)30-3/h5-14,27H,15H2,1-4H3. The molecule has 0 saturated carbocycles. The maximum absolute atomic E-state index is 12.7. The summed E-state index contributed by atoms with van der Waals surface area (Å²) in [5.74, 6) is 2.24. The van der Waals surface area contributed by atoms with E-state index in [0.717, 1.165) is 22.4 Å². The number of para-hydroxylation sites is 1. The molecule has 0 bridgehead atoms. The highest BCUT2D eigenvalue weighted by Gasteiger charge is 2.14. The van der Waals surface area contributed by atoms with Crippen LogP contribution in [0.3, 0.4) is 0 Å². The van der Waals surface area contributed by atoms with Crippen molar-refractivity contribution in [2.24, 2.45) is 0 Å². The predicted molar refractivity (Wildman–Crippen MR) is 126 cm³/mol. The number of fused-ring (bicyclic) bond motifs is 1. The molecule has 6 nitrogen and oxygen atoms in total. The zero-order chi connectivity index (χ0) is 22.7. The molecule has 0 saturated heterocycles. The van der Waals surface area contributed by atoms with E-state index < -0.39 is 0 Å². The predicted octanol–water partition coefficient (Wildman–Crippen LogP) is 5.41. The van der Waals surface area contributed by atoms with Crippen LogP contribution in [0.25, 0.3) is 22.3 Å². The molecule has 4 rings (SSSR count). The van der Waals surface area contributed by atoms with Crippen LogP contribution in [0.15, 0.2) is 69.9 Å². The summed E-state index contributed by atoms with van der Waals surface area (Å²) in [4.78, 5) is 12.7. The Labute approximate surface area is 186 Å². The minimum Gasteiger partial charge on any atom is -0.493 e. The van der Waals surface area contributed by atoms with E-state index in [1.807, 2.05) is 61.5 Å². The van der Waals surface area contributed by atoms with Crippen molar-refractivity contribution in [3.8, 4) is 28.6 Å². The number of rotatable bonds is 7. The molecule has 0 spiro atoms. The minimum atomic E-state index is -0.0654. The van der Waals surface area contributed by atoms with Gasteiger partial charge in [0, 0.05) is 23.9 Å². The first-order valence-electron chi connectivity index (χ1n) is 10.2. The summed E-state index contributed by atoms with van der Waals surface area (Å²) in [6, 6.07) is 18.7. The summed E-state index contributed by atoms with van der Waals surface area (Å²) in [6.07, 6.45) is 0.